The molecule has 2 atom stereocenters. The number of fused-ring (bicyclic) bond motifs is 1. The molecular formula is C21H21N3. The van der Waals surface area contributed by atoms with Crippen molar-refractivity contribution in [3.63, 3.8) is 0 Å². The van der Waals surface area contributed by atoms with Crippen LogP contribution in [0.2, 0.25) is 0 Å². The van der Waals surface area contributed by atoms with Gasteiger partial charge in [0.2, 0.25) is 0 Å². The Kier molecular flexibility index (Phi) is 3.84. The third kappa shape index (κ3) is 2.93. The van der Waals surface area contributed by atoms with E-state index in [0.717, 1.165) is 24.5 Å². The number of aromatic nitrogens is 1. The van der Waals surface area contributed by atoms with Crippen LogP contribution in [0.15, 0.2) is 54.7 Å². The summed E-state index contributed by atoms with van der Waals surface area (Å²) in [4.78, 5) is 9.27. The molecule has 0 amide bonds. The van der Waals surface area contributed by atoms with Gasteiger partial charge in [0.05, 0.1) is 6.57 Å². The highest BCUT2D eigenvalue weighted by molar-refractivity contribution is 5.87. The van der Waals surface area contributed by atoms with Crippen molar-refractivity contribution in [1.82, 2.24) is 9.88 Å². The monoisotopic (exact) mass is 315 g/mol. The Morgan fingerprint density at radius 3 is 2.83 bits per heavy atom. The molecule has 1 saturated carbocycles. The van der Waals surface area contributed by atoms with E-state index in [1.54, 1.807) is 0 Å². The van der Waals surface area contributed by atoms with E-state index in [4.69, 9.17) is 6.57 Å². The molecule has 1 fully saturated rings. The molecule has 0 aliphatic heterocycles. The minimum atomic E-state index is 0.649. The molecule has 1 N–H and O–H groups in total. The second-order valence-corrected chi connectivity index (χ2v) is 6.87. The van der Waals surface area contributed by atoms with Crippen LogP contribution >= 0.6 is 0 Å². The van der Waals surface area contributed by atoms with Crippen molar-refractivity contribution in [1.29, 1.82) is 0 Å². The summed E-state index contributed by atoms with van der Waals surface area (Å²) in [5, 5.41) is 1.28. The van der Waals surface area contributed by atoms with Crippen molar-refractivity contribution in [2.45, 2.75) is 18.9 Å². The first-order valence-corrected chi connectivity index (χ1v) is 8.45. The number of hydrogen-bond donors (Lipinski definition) is 1. The Bertz CT molecular complexity index is 888. The van der Waals surface area contributed by atoms with Gasteiger partial charge < -0.3 is 9.88 Å². The third-order valence-electron chi connectivity index (χ3n) is 4.99. The second-order valence-electron chi connectivity index (χ2n) is 6.87. The maximum atomic E-state index is 7.13. The Labute approximate surface area is 142 Å². The van der Waals surface area contributed by atoms with E-state index in [0.29, 0.717) is 11.6 Å². The van der Waals surface area contributed by atoms with E-state index in [1.165, 1.54) is 22.9 Å². The molecule has 120 valence electrons. The van der Waals surface area contributed by atoms with Crippen LogP contribution in [0.4, 0.5) is 5.69 Å². The molecule has 1 aromatic heterocycles. The van der Waals surface area contributed by atoms with Gasteiger partial charge in [0, 0.05) is 30.2 Å². The Morgan fingerprint density at radius 2 is 2.04 bits per heavy atom. The van der Waals surface area contributed by atoms with E-state index in [-0.39, 0.29) is 0 Å². The lowest BCUT2D eigenvalue weighted by Gasteiger charge is -2.16. The molecule has 0 radical (unpaired) electrons. The fraction of sp³-hybridized carbons (Fsp3) is 0.286. The standard InChI is InChI=1S/C21H21N3/c1-22-17-8-9-18-20(12-23-21(18)11-17)19-10-16(19)14-24(2)13-15-6-4-3-5-7-15/h3-9,11-12,16,19,23H,10,13-14H2,2H3. The molecule has 3 aromatic rings. The molecular weight excluding hydrogens is 294 g/mol. The SMILES string of the molecule is [C-]#[N+]c1ccc2c(C3CC3CN(C)Cc3ccccc3)c[nH]c2c1. The van der Waals surface area contributed by atoms with Crippen molar-refractivity contribution in [3.05, 3.63) is 77.3 Å². The van der Waals surface area contributed by atoms with Crippen LogP contribution in [-0.2, 0) is 6.54 Å². The molecule has 1 aliphatic rings. The van der Waals surface area contributed by atoms with Gasteiger partial charge in [-0.15, -0.1) is 0 Å². The number of nitrogens with one attached hydrogen (secondary N) is 1. The highest BCUT2D eigenvalue weighted by Crippen LogP contribution is 2.50. The van der Waals surface area contributed by atoms with Gasteiger partial charge >= 0.3 is 0 Å². The smallest absolute Gasteiger partial charge is 0.189 e. The average Bonchev–Trinajstić information content (AvgIpc) is 3.22. The summed E-state index contributed by atoms with van der Waals surface area (Å²) in [6, 6.07) is 16.6. The van der Waals surface area contributed by atoms with Gasteiger partial charge in [-0.3, -0.25) is 0 Å². The Balaban J connectivity index is 1.42. The summed E-state index contributed by atoms with van der Waals surface area (Å²) < 4.78 is 0. The Morgan fingerprint density at radius 1 is 1.21 bits per heavy atom. The number of H-pyrrole nitrogens is 1. The van der Waals surface area contributed by atoms with Gasteiger partial charge in [-0.2, -0.15) is 0 Å². The molecule has 2 aromatic carbocycles. The van der Waals surface area contributed by atoms with Crippen molar-refractivity contribution in [2.75, 3.05) is 13.6 Å². The summed E-state index contributed by atoms with van der Waals surface area (Å²) in [6.07, 6.45) is 3.40. The largest absolute Gasteiger partial charge is 0.362 e. The molecule has 24 heavy (non-hydrogen) atoms. The highest BCUT2D eigenvalue weighted by atomic mass is 15.1. The minimum Gasteiger partial charge on any atom is -0.362 e. The van der Waals surface area contributed by atoms with Crippen LogP contribution in [0.5, 0.6) is 0 Å². The second kappa shape index (κ2) is 6.14. The van der Waals surface area contributed by atoms with Crippen LogP contribution in [0.25, 0.3) is 15.7 Å². The summed E-state index contributed by atoms with van der Waals surface area (Å²) >= 11 is 0. The maximum absolute atomic E-state index is 7.13. The van der Waals surface area contributed by atoms with Crippen LogP contribution in [0.1, 0.15) is 23.5 Å². The number of benzene rings is 2. The van der Waals surface area contributed by atoms with Gasteiger partial charge in [0.25, 0.3) is 0 Å². The van der Waals surface area contributed by atoms with E-state index in [1.807, 2.05) is 12.1 Å². The summed E-state index contributed by atoms with van der Waals surface area (Å²) in [5.41, 5.74) is 4.57. The lowest BCUT2D eigenvalue weighted by molar-refractivity contribution is 0.311. The fourth-order valence-corrected chi connectivity index (χ4v) is 3.70. The van der Waals surface area contributed by atoms with Gasteiger partial charge in [-0.1, -0.05) is 42.5 Å². The molecule has 1 aliphatic carbocycles. The molecule has 0 bridgehead atoms. The van der Waals surface area contributed by atoms with Crippen molar-refractivity contribution < 1.29 is 0 Å². The predicted molar refractivity (Wildman–Crippen MR) is 98.2 cm³/mol. The fourth-order valence-electron chi connectivity index (χ4n) is 3.70. The first-order valence-electron chi connectivity index (χ1n) is 8.45. The number of aromatic amines is 1. The van der Waals surface area contributed by atoms with Crippen molar-refractivity contribution in [2.24, 2.45) is 5.92 Å². The molecule has 1 heterocycles. The van der Waals surface area contributed by atoms with Gasteiger partial charge in [-0.05, 0) is 42.5 Å². The first-order chi connectivity index (χ1) is 11.7. The average molecular weight is 315 g/mol. The predicted octanol–water partition coefficient (Wildman–Crippen LogP) is 4.95. The number of hydrogen-bond acceptors (Lipinski definition) is 1. The van der Waals surface area contributed by atoms with E-state index < -0.39 is 0 Å². The zero-order chi connectivity index (χ0) is 16.5. The highest BCUT2D eigenvalue weighted by Gasteiger charge is 2.40. The first kappa shape index (κ1) is 15.0. The normalized spacial score (nSPS) is 19.5. The van der Waals surface area contributed by atoms with Crippen molar-refractivity contribution in [3.8, 4) is 0 Å². The topological polar surface area (TPSA) is 23.4 Å². The zero-order valence-electron chi connectivity index (χ0n) is 13.9. The van der Waals surface area contributed by atoms with E-state index in [9.17, 15) is 0 Å². The van der Waals surface area contributed by atoms with Crippen LogP contribution in [-0.4, -0.2) is 23.5 Å². The van der Waals surface area contributed by atoms with E-state index in [2.05, 4.69) is 64.4 Å². The van der Waals surface area contributed by atoms with Gasteiger partial charge in [0.15, 0.2) is 5.69 Å². The molecule has 2 unspecified atom stereocenters. The molecule has 0 saturated heterocycles. The molecule has 3 nitrogen and oxygen atoms in total. The number of rotatable bonds is 5. The molecule has 3 heteroatoms. The third-order valence-corrected chi connectivity index (χ3v) is 4.99. The Hall–Kier alpha value is -2.57. The summed E-state index contributed by atoms with van der Waals surface area (Å²) in [5.74, 6) is 1.38. The molecule has 4 rings (SSSR count). The van der Waals surface area contributed by atoms with Gasteiger partial charge in [-0.25, -0.2) is 4.85 Å². The van der Waals surface area contributed by atoms with Crippen molar-refractivity contribution >= 4 is 16.6 Å². The summed E-state index contributed by atoms with van der Waals surface area (Å²) in [7, 11) is 2.21. The minimum absolute atomic E-state index is 0.649. The van der Waals surface area contributed by atoms with Crippen LogP contribution < -0.4 is 0 Å². The number of nitrogens with zero attached hydrogens (tertiary/aromatic N) is 2. The maximum Gasteiger partial charge on any atom is 0.189 e. The van der Waals surface area contributed by atoms with Crippen LogP contribution in [0, 0.1) is 12.5 Å². The van der Waals surface area contributed by atoms with Crippen LogP contribution in [0.3, 0.4) is 0 Å². The summed E-state index contributed by atoms with van der Waals surface area (Å²) in [6.45, 7) is 9.27. The van der Waals surface area contributed by atoms with Gasteiger partial charge in [0.1, 0.15) is 0 Å². The lowest BCUT2D eigenvalue weighted by Crippen LogP contribution is -2.20. The lowest BCUT2D eigenvalue weighted by atomic mass is 10.1. The quantitative estimate of drug-likeness (QED) is 0.661. The zero-order valence-corrected chi connectivity index (χ0v) is 13.9. The molecule has 0 spiro atoms. The van der Waals surface area contributed by atoms with E-state index >= 15 is 0 Å².